The fraction of sp³-hybridized carbons (Fsp3) is 0.429. The fourth-order valence-electron chi connectivity index (χ4n) is 1.63. The maximum absolute atomic E-state index is 11.0. The van der Waals surface area contributed by atoms with E-state index >= 15 is 0 Å². The maximum atomic E-state index is 11.0. The van der Waals surface area contributed by atoms with E-state index in [1.165, 1.54) is 21.3 Å². The topological polar surface area (TPSA) is 71.1 Å². The number of hydrogen-bond acceptors (Lipinski definition) is 6. The van der Waals surface area contributed by atoms with E-state index in [1.54, 1.807) is 12.1 Å². The number of hydrogen-bond donors (Lipinski definition) is 0. The van der Waals surface area contributed by atoms with Crippen molar-refractivity contribution in [1.29, 1.82) is 0 Å². The van der Waals surface area contributed by atoms with Gasteiger partial charge in [0.25, 0.3) is 0 Å². The number of rotatable bonds is 8. The van der Waals surface area contributed by atoms with Crippen LogP contribution in [0.5, 0.6) is 17.2 Å². The zero-order valence-electron chi connectivity index (χ0n) is 11.8. The summed E-state index contributed by atoms with van der Waals surface area (Å²) in [6.07, 6.45) is 1.47. The molecule has 0 atom stereocenters. The minimum Gasteiger partial charge on any atom is -0.493 e. The average molecular weight is 282 g/mol. The lowest BCUT2D eigenvalue weighted by atomic mass is 10.2. The van der Waals surface area contributed by atoms with E-state index in [9.17, 15) is 9.59 Å². The molecule has 0 bridgehead atoms. The Balaban J connectivity index is 2.76. The highest BCUT2D eigenvalue weighted by molar-refractivity contribution is 5.78. The molecule has 0 aliphatic heterocycles. The summed E-state index contributed by atoms with van der Waals surface area (Å²) in [6, 6.07) is 3.12. The zero-order chi connectivity index (χ0) is 15.0. The van der Waals surface area contributed by atoms with Gasteiger partial charge < -0.3 is 18.9 Å². The number of aldehydes is 1. The zero-order valence-corrected chi connectivity index (χ0v) is 11.8. The van der Waals surface area contributed by atoms with Crippen LogP contribution in [0.4, 0.5) is 0 Å². The summed E-state index contributed by atoms with van der Waals surface area (Å²) in [6.45, 7) is 0.303. The van der Waals surface area contributed by atoms with Crippen molar-refractivity contribution in [1.82, 2.24) is 0 Å². The Kier molecular flexibility index (Phi) is 6.36. The monoisotopic (exact) mass is 282 g/mol. The first-order chi connectivity index (χ1) is 9.65. The highest BCUT2D eigenvalue weighted by atomic mass is 16.5. The summed E-state index contributed by atoms with van der Waals surface area (Å²) >= 11 is 0. The SMILES string of the molecule is COC(=O)CCCOc1cc(C=O)cc(OC)c1OC. The second-order valence-electron chi connectivity index (χ2n) is 3.90. The van der Waals surface area contributed by atoms with Crippen LogP contribution in [0, 0.1) is 0 Å². The predicted octanol–water partition coefficient (Wildman–Crippen LogP) is 1.85. The number of ether oxygens (including phenoxy) is 4. The largest absolute Gasteiger partial charge is 0.493 e. The van der Waals surface area contributed by atoms with Crippen LogP contribution in [0.15, 0.2) is 12.1 Å². The molecule has 0 aliphatic carbocycles. The first-order valence-corrected chi connectivity index (χ1v) is 6.07. The number of carbonyl (C=O) groups excluding carboxylic acids is 2. The normalized spacial score (nSPS) is 9.75. The number of methoxy groups -OCH3 is 3. The smallest absolute Gasteiger partial charge is 0.305 e. The Hall–Kier alpha value is -2.24. The first-order valence-electron chi connectivity index (χ1n) is 6.07. The van der Waals surface area contributed by atoms with E-state index in [4.69, 9.17) is 14.2 Å². The van der Waals surface area contributed by atoms with Gasteiger partial charge in [-0.05, 0) is 18.6 Å². The van der Waals surface area contributed by atoms with Crippen LogP contribution in [0.3, 0.4) is 0 Å². The van der Waals surface area contributed by atoms with Gasteiger partial charge >= 0.3 is 5.97 Å². The molecule has 20 heavy (non-hydrogen) atoms. The van der Waals surface area contributed by atoms with E-state index in [2.05, 4.69) is 4.74 Å². The van der Waals surface area contributed by atoms with Crippen LogP contribution in [-0.4, -0.2) is 40.2 Å². The molecule has 0 unspecified atom stereocenters. The quantitative estimate of drug-likeness (QED) is 0.411. The Bertz CT molecular complexity index is 469. The van der Waals surface area contributed by atoms with Gasteiger partial charge in [-0.2, -0.15) is 0 Å². The van der Waals surface area contributed by atoms with E-state index in [0.717, 1.165) is 0 Å². The molecular formula is C14H18O6. The van der Waals surface area contributed by atoms with Crippen molar-refractivity contribution in [3.05, 3.63) is 17.7 Å². The van der Waals surface area contributed by atoms with Crippen LogP contribution in [0.25, 0.3) is 0 Å². The number of benzene rings is 1. The van der Waals surface area contributed by atoms with Crippen LogP contribution in [0.1, 0.15) is 23.2 Å². The second-order valence-corrected chi connectivity index (χ2v) is 3.90. The third kappa shape index (κ3) is 4.15. The van der Waals surface area contributed by atoms with Gasteiger partial charge in [0.2, 0.25) is 5.75 Å². The van der Waals surface area contributed by atoms with Gasteiger partial charge in [0.05, 0.1) is 27.9 Å². The van der Waals surface area contributed by atoms with Gasteiger partial charge in [-0.3, -0.25) is 9.59 Å². The van der Waals surface area contributed by atoms with Gasteiger partial charge in [0.1, 0.15) is 6.29 Å². The van der Waals surface area contributed by atoms with Gasteiger partial charge in [0.15, 0.2) is 11.5 Å². The molecule has 0 saturated heterocycles. The van der Waals surface area contributed by atoms with Crippen LogP contribution in [0.2, 0.25) is 0 Å². The van der Waals surface area contributed by atoms with Crippen LogP contribution >= 0.6 is 0 Å². The summed E-state index contributed by atoms with van der Waals surface area (Å²) in [7, 11) is 4.30. The predicted molar refractivity (Wildman–Crippen MR) is 71.7 cm³/mol. The summed E-state index contributed by atoms with van der Waals surface area (Å²) in [4.78, 5) is 21.8. The first kappa shape index (κ1) is 15.8. The average Bonchev–Trinajstić information content (AvgIpc) is 2.49. The second kappa shape index (κ2) is 8.04. The lowest BCUT2D eigenvalue weighted by Gasteiger charge is -2.14. The Labute approximate surface area is 117 Å². The molecule has 6 heteroatoms. The van der Waals surface area contributed by atoms with E-state index in [0.29, 0.717) is 42.1 Å². The Morgan fingerprint density at radius 3 is 2.40 bits per heavy atom. The molecule has 1 rings (SSSR count). The van der Waals surface area contributed by atoms with Crippen LogP contribution in [-0.2, 0) is 9.53 Å². The fourth-order valence-corrected chi connectivity index (χ4v) is 1.63. The molecule has 0 radical (unpaired) electrons. The lowest BCUT2D eigenvalue weighted by Crippen LogP contribution is -2.06. The molecule has 110 valence electrons. The highest BCUT2D eigenvalue weighted by Crippen LogP contribution is 2.38. The molecule has 0 saturated carbocycles. The molecule has 1 aromatic rings. The van der Waals surface area contributed by atoms with Crippen molar-refractivity contribution in [2.75, 3.05) is 27.9 Å². The number of carbonyl (C=O) groups is 2. The molecule has 6 nitrogen and oxygen atoms in total. The minimum atomic E-state index is -0.292. The highest BCUT2D eigenvalue weighted by Gasteiger charge is 2.13. The van der Waals surface area contributed by atoms with E-state index in [1.807, 2.05) is 0 Å². The molecule has 0 heterocycles. The number of esters is 1. The maximum Gasteiger partial charge on any atom is 0.305 e. The molecule has 0 amide bonds. The van der Waals surface area contributed by atoms with Crippen molar-refractivity contribution < 1.29 is 28.5 Å². The van der Waals surface area contributed by atoms with Crippen molar-refractivity contribution in [2.45, 2.75) is 12.8 Å². The van der Waals surface area contributed by atoms with E-state index in [-0.39, 0.29) is 12.4 Å². The summed E-state index contributed by atoms with van der Waals surface area (Å²) in [5, 5.41) is 0. The third-order valence-electron chi connectivity index (χ3n) is 2.61. The minimum absolute atomic E-state index is 0.267. The third-order valence-corrected chi connectivity index (χ3v) is 2.61. The van der Waals surface area contributed by atoms with Gasteiger partial charge in [-0.15, -0.1) is 0 Å². The van der Waals surface area contributed by atoms with Crippen molar-refractivity contribution in [3.8, 4) is 17.2 Å². The summed E-state index contributed by atoms with van der Waals surface area (Å²) in [5.74, 6) is 0.940. The standard InChI is InChI=1S/C14H18O6/c1-17-11-7-10(9-15)8-12(14(11)19-3)20-6-4-5-13(16)18-2/h7-9H,4-6H2,1-3H3. The molecule has 1 aromatic carbocycles. The van der Waals surface area contributed by atoms with Crippen molar-refractivity contribution in [2.24, 2.45) is 0 Å². The molecule has 0 aromatic heterocycles. The van der Waals surface area contributed by atoms with Gasteiger partial charge in [-0.1, -0.05) is 0 Å². The molecule has 0 N–H and O–H groups in total. The molecular weight excluding hydrogens is 264 g/mol. The van der Waals surface area contributed by atoms with Crippen molar-refractivity contribution in [3.63, 3.8) is 0 Å². The summed E-state index contributed by atoms with van der Waals surface area (Å²) in [5.41, 5.74) is 0.422. The van der Waals surface area contributed by atoms with Crippen LogP contribution < -0.4 is 14.2 Å². The Morgan fingerprint density at radius 2 is 1.85 bits per heavy atom. The summed E-state index contributed by atoms with van der Waals surface area (Å²) < 4.78 is 20.4. The molecule has 0 spiro atoms. The van der Waals surface area contributed by atoms with Crippen molar-refractivity contribution >= 4 is 12.3 Å². The Morgan fingerprint density at radius 1 is 1.15 bits per heavy atom. The van der Waals surface area contributed by atoms with E-state index < -0.39 is 0 Å². The molecule has 0 fully saturated rings. The van der Waals surface area contributed by atoms with Gasteiger partial charge in [-0.25, -0.2) is 0 Å². The molecule has 0 aliphatic rings. The van der Waals surface area contributed by atoms with Gasteiger partial charge in [0, 0.05) is 12.0 Å². The lowest BCUT2D eigenvalue weighted by molar-refractivity contribution is -0.140.